The summed E-state index contributed by atoms with van der Waals surface area (Å²) in [6.45, 7) is 7.65. The quantitative estimate of drug-likeness (QED) is 0.750. The van der Waals surface area contributed by atoms with Crippen molar-refractivity contribution in [2.24, 2.45) is 0 Å². The van der Waals surface area contributed by atoms with E-state index >= 15 is 0 Å². The standard InChI is InChI=1S/C20H24ClN3OS/c1-2-23-11-13-24(14-12-23)18-7-5-17(6-8-18)22-20(25)15-26-19-9-3-16(21)4-10-19/h3-10H,2,11-15H2,1H3,(H,22,25). The molecule has 0 spiro atoms. The first-order chi connectivity index (χ1) is 12.6. The fourth-order valence-electron chi connectivity index (χ4n) is 2.95. The predicted octanol–water partition coefficient (Wildman–Crippen LogP) is 4.21. The summed E-state index contributed by atoms with van der Waals surface area (Å²) >= 11 is 7.37. The number of carbonyl (C=O) groups is 1. The van der Waals surface area contributed by atoms with Crippen LogP contribution >= 0.6 is 23.4 Å². The maximum absolute atomic E-state index is 12.1. The minimum atomic E-state index is -0.00531. The SMILES string of the molecule is CCN1CCN(c2ccc(NC(=O)CSc3ccc(Cl)cc3)cc2)CC1. The van der Waals surface area contributed by atoms with E-state index in [1.54, 1.807) is 0 Å². The Balaban J connectivity index is 1.47. The van der Waals surface area contributed by atoms with Crippen molar-refractivity contribution < 1.29 is 4.79 Å². The number of piperazine rings is 1. The zero-order chi connectivity index (χ0) is 18.4. The van der Waals surface area contributed by atoms with Gasteiger partial charge in [0.1, 0.15) is 0 Å². The van der Waals surface area contributed by atoms with Gasteiger partial charge in [-0.1, -0.05) is 18.5 Å². The molecule has 0 aromatic heterocycles. The third kappa shape index (κ3) is 5.40. The molecule has 1 fully saturated rings. The van der Waals surface area contributed by atoms with Gasteiger partial charge in [0.15, 0.2) is 0 Å². The number of thioether (sulfide) groups is 1. The molecule has 2 aromatic rings. The van der Waals surface area contributed by atoms with Gasteiger partial charge in [0.25, 0.3) is 0 Å². The Morgan fingerprint density at radius 1 is 1.04 bits per heavy atom. The number of likely N-dealkylation sites (N-methyl/N-ethyl adjacent to an activating group) is 1. The van der Waals surface area contributed by atoms with Crippen molar-refractivity contribution >= 4 is 40.6 Å². The molecule has 138 valence electrons. The number of carbonyl (C=O) groups excluding carboxylic acids is 1. The number of nitrogens with one attached hydrogen (secondary N) is 1. The van der Waals surface area contributed by atoms with Crippen molar-refractivity contribution in [3.8, 4) is 0 Å². The average molecular weight is 390 g/mol. The predicted molar refractivity (Wildman–Crippen MR) is 112 cm³/mol. The van der Waals surface area contributed by atoms with Crippen molar-refractivity contribution in [2.45, 2.75) is 11.8 Å². The van der Waals surface area contributed by atoms with Gasteiger partial charge in [-0.05, 0) is 55.1 Å². The highest BCUT2D eigenvalue weighted by Crippen LogP contribution is 2.22. The van der Waals surface area contributed by atoms with Crippen LogP contribution in [-0.4, -0.2) is 49.3 Å². The Labute approximate surface area is 164 Å². The van der Waals surface area contributed by atoms with Crippen molar-refractivity contribution in [1.82, 2.24) is 4.90 Å². The molecule has 0 unspecified atom stereocenters. The van der Waals surface area contributed by atoms with Crippen molar-refractivity contribution in [3.63, 3.8) is 0 Å². The largest absolute Gasteiger partial charge is 0.369 e. The molecule has 0 atom stereocenters. The lowest BCUT2D eigenvalue weighted by Crippen LogP contribution is -2.46. The number of anilines is 2. The maximum Gasteiger partial charge on any atom is 0.234 e. The van der Waals surface area contributed by atoms with E-state index in [2.05, 4.69) is 34.2 Å². The molecule has 2 aromatic carbocycles. The number of hydrogen-bond acceptors (Lipinski definition) is 4. The number of halogens is 1. The van der Waals surface area contributed by atoms with Gasteiger partial charge < -0.3 is 15.1 Å². The van der Waals surface area contributed by atoms with Gasteiger partial charge in [-0.2, -0.15) is 0 Å². The Hall–Kier alpha value is -1.69. The molecular formula is C20H24ClN3OS. The summed E-state index contributed by atoms with van der Waals surface area (Å²) < 4.78 is 0. The molecule has 0 saturated carbocycles. The van der Waals surface area contributed by atoms with Crippen molar-refractivity contribution in [2.75, 3.05) is 48.7 Å². The first kappa shape index (κ1) is 19.1. The molecule has 1 N–H and O–H groups in total. The summed E-state index contributed by atoms with van der Waals surface area (Å²) in [5, 5.41) is 3.66. The second-order valence-electron chi connectivity index (χ2n) is 6.26. The molecule has 0 aliphatic carbocycles. The van der Waals surface area contributed by atoms with Crippen LogP contribution in [0.2, 0.25) is 5.02 Å². The van der Waals surface area contributed by atoms with E-state index in [0.29, 0.717) is 10.8 Å². The summed E-state index contributed by atoms with van der Waals surface area (Å²) in [5.74, 6) is 0.372. The van der Waals surface area contributed by atoms with Crippen molar-refractivity contribution in [3.05, 3.63) is 53.6 Å². The van der Waals surface area contributed by atoms with Crippen LogP contribution in [0.25, 0.3) is 0 Å². The van der Waals surface area contributed by atoms with Gasteiger partial charge in [-0.15, -0.1) is 11.8 Å². The summed E-state index contributed by atoms with van der Waals surface area (Å²) in [6.07, 6.45) is 0. The number of benzene rings is 2. The zero-order valence-electron chi connectivity index (χ0n) is 15.0. The third-order valence-electron chi connectivity index (χ3n) is 4.52. The number of hydrogen-bond donors (Lipinski definition) is 1. The van der Waals surface area contributed by atoms with Crippen LogP contribution in [0, 0.1) is 0 Å². The summed E-state index contributed by atoms with van der Waals surface area (Å²) in [6, 6.07) is 15.6. The monoisotopic (exact) mass is 389 g/mol. The highest BCUT2D eigenvalue weighted by molar-refractivity contribution is 8.00. The normalized spacial score (nSPS) is 15.1. The van der Waals surface area contributed by atoms with Gasteiger partial charge in [-0.3, -0.25) is 4.79 Å². The van der Waals surface area contributed by atoms with E-state index in [-0.39, 0.29) is 5.91 Å². The second kappa shape index (κ2) is 9.31. The van der Waals surface area contributed by atoms with E-state index in [1.807, 2.05) is 36.4 Å². The van der Waals surface area contributed by atoms with Crippen LogP contribution < -0.4 is 10.2 Å². The van der Waals surface area contributed by atoms with Gasteiger partial charge in [-0.25, -0.2) is 0 Å². The second-order valence-corrected chi connectivity index (χ2v) is 7.74. The highest BCUT2D eigenvalue weighted by atomic mass is 35.5. The van der Waals surface area contributed by atoms with Crippen molar-refractivity contribution in [1.29, 1.82) is 0 Å². The molecule has 0 bridgehead atoms. The average Bonchev–Trinajstić information content (AvgIpc) is 2.68. The third-order valence-corrected chi connectivity index (χ3v) is 5.78. The summed E-state index contributed by atoms with van der Waals surface area (Å²) in [7, 11) is 0. The van der Waals surface area contributed by atoms with Gasteiger partial charge >= 0.3 is 0 Å². The summed E-state index contributed by atoms with van der Waals surface area (Å²) in [5.41, 5.74) is 2.05. The molecule has 3 rings (SSSR count). The van der Waals surface area contributed by atoms with Crippen LogP contribution in [0.5, 0.6) is 0 Å². The van der Waals surface area contributed by atoms with Gasteiger partial charge in [0.05, 0.1) is 5.75 Å². The van der Waals surface area contributed by atoms with Crippen LogP contribution in [0.3, 0.4) is 0 Å². The molecule has 26 heavy (non-hydrogen) atoms. The van der Waals surface area contributed by atoms with Crippen LogP contribution in [-0.2, 0) is 4.79 Å². The molecule has 1 amide bonds. The first-order valence-electron chi connectivity index (χ1n) is 8.89. The minimum absolute atomic E-state index is 0.00531. The number of rotatable bonds is 6. The molecule has 1 aliphatic heterocycles. The molecule has 0 radical (unpaired) electrons. The lowest BCUT2D eigenvalue weighted by molar-refractivity contribution is -0.113. The fourth-order valence-corrected chi connectivity index (χ4v) is 3.78. The number of nitrogens with zero attached hydrogens (tertiary/aromatic N) is 2. The van der Waals surface area contributed by atoms with Gasteiger partial charge in [0, 0.05) is 47.5 Å². The van der Waals surface area contributed by atoms with Crippen LogP contribution in [0.1, 0.15) is 6.92 Å². The zero-order valence-corrected chi connectivity index (χ0v) is 16.5. The molecule has 1 heterocycles. The highest BCUT2D eigenvalue weighted by Gasteiger charge is 2.15. The Kier molecular flexibility index (Phi) is 6.83. The van der Waals surface area contributed by atoms with E-state index < -0.39 is 0 Å². The van der Waals surface area contributed by atoms with E-state index in [0.717, 1.165) is 43.3 Å². The topological polar surface area (TPSA) is 35.6 Å². The maximum atomic E-state index is 12.1. The van der Waals surface area contributed by atoms with Crippen LogP contribution in [0.15, 0.2) is 53.4 Å². The lowest BCUT2D eigenvalue weighted by Gasteiger charge is -2.35. The molecular weight excluding hydrogens is 366 g/mol. The molecule has 6 heteroatoms. The van der Waals surface area contributed by atoms with Crippen LogP contribution in [0.4, 0.5) is 11.4 Å². The first-order valence-corrected chi connectivity index (χ1v) is 10.3. The molecule has 1 aliphatic rings. The molecule has 4 nitrogen and oxygen atoms in total. The van der Waals surface area contributed by atoms with E-state index in [1.165, 1.54) is 17.4 Å². The smallest absolute Gasteiger partial charge is 0.234 e. The minimum Gasteiger partial charge on any atom is -0.369 e. The lowest BCUT2D eigenvalue weighted by atomic mass is 10.2. The van der Waals surface area contributed by atoms with E-state index in [4.69, 9.17) is 11.6 Å². The Morgan fingerprint density at radius 2 is 1.69 bits per heavy atom. The summed E-state index contributed by atoms with van der Waals surface area (Å²) in [4.78, 5) is 18.0. The fraction of sp³-hybridized carbons (Fsp3) is 0.350. The number of amides is 1. The molecule has 1 saturated heterocycles. The van der Waals surface area contributed by atoms with Gasteiger partial charge in [0.2, 0.25) is 5.91 Å². The Bertz CT molecular complexity index is 713. The Morgan fingerprint density at radius 3 is 2.31 bits per heavy atom. The van der Waals surface area contributed by atoms with E-state index in [9.17, 15) is 4.79 Å².